The van der Waals surface area contributed by atoms with Crippen molar-refractivity contribution in [3.05, 3.63) is 59.7 Å². The van der Waals surface area contributed by atoms with Crippen molar-refractivity contribution in [3.63, 3.8) is 0 Å². The minimum atomic E-state index is -0.181. The van der Waals surface area contributed by atoms with Crippen molar-refractivity contribution in [1.82, 2.24) is 5.32 Å². The molecule has 4 heteroatoms. The average molecular weight is 327 g/mol. The molecule has 0 radical (unpaired) electrons. The normalized spacial score (nSPS) is 18.8. The molecule has 0 unspecified atom stereocenters. The molecular formula is C20H25NO3. The van der Waals surface area contributed by atoms with Crippen LogP contribution in [-0.4, -0.2) is 32.4 Å². The fourth-order valence-corrected chi connectivity index (χ4v) is 2.85. The first-order valence-corrected chi connectivity index (χ1v) is 8.55. The lowest BCUT2D eigenvalue weighted by Crippen LogP contribution is -2.43. The number of ether oxygens (including phenoxy) is 3. The van der Waals surface area contributed by atoms with Gasteiger partial charge in [-0.15, -0.1) is 0 Å². The van der Waals surface area contributed by atoms with Crippen LogP contribution in [0.1, 0.15) is 24.2 Å². The Hall–Kier alpha value is -2.04. The Bertz CT molecular complexity index is 636. The Morgan fingerprint density at radius 1 is 1.12 bits per heavy atom. The smallest absolute Gasteiger partial charge is 0.162 e. The molecule has 2 aromatic rings. The quantitative estimate of drug-likeness (QED) is 0.881. The maximum atomic E-state index is 6.37. The van der Waals surface area contributed by atoms with E-state index in [4.69, 9.17) is 14.2 Å². The van der Waals surface area contributed by atoms with E-state index in [1.807, 2.05) is 31.2 Å². The SMILES string of the molecule is CCOc1ccccc1O[C@@H](c1ccc(C)cc1)[C@H]1CNCCO1. The van der Waals surface area contributed by atoms with Crippen molar-refractivity contribution in [2.24, 2.45) is 0 Å². The van der Waals surface area contributed by atoms with Crippen LogP contribution < -0.4 is 14.8 Å². The molecule has 0 bridgehead atoms. The van der Waals surface area contributed by atoms with E-state index in [1.54, 1.807) is 0 Å². The Balaban J connectivity index is 1.88. The molecule has 1 aliphatic heterocycles. The molecule has 1 heterocycles. The standard InChI is InChI=1S/C20H25NO3/c1-3-22-17-6-4-5-7-18(17)24-20(19-14-21-12-13-23-19)16-10-8-15(2)9-11-16/h4-11,19-21H,3,12-14H2,1-2H3/t19-,20+/m1/s1. The van der Waals surface area contributed by atoms with Crippen molar-refractivity contribution < 1.29 is 14.2 Å². The van der Waals surface area contributed by atoms with Gasteiger partial charge >= 0.3 is 0 Å². The molecule has 2 aromatic carbocycles. The van der Waals surface area contributed by atoms with Gasteiger partial charge in [-0.1, -0.05) is 42.0 Å². The topological polar surface area (TPSA) is 39.7 Å². The molecular weight excluding hydrogens is 302 g/mol. The second-order valence-electron chi connectivity index (χ2n) is 5.94. The molecule has 2 atom stereocenters. The number of morpholine rings is 1. The van der Waals surface area contributed by atoms with Gasteiger partial charge in [0, 0.05) is 13.1 Å². The van der Waals surface area contributed by atoms with Crippen LogP contribution in [0.2, 0.25) is 0 Å². The van der Waals surface area contributed by atoms with E-state index < -0.39 is 0 Å². The molecule has 1 aliphatic rings. The van der Waals surface area contributed by atoms with Gasteiger partial charge in [-0.3, -0.25) is 0 Å². The predicted molar refractivity (Wildman–Crippen MR) is 94.8 cm³/mol. The molecule has 128 valence electrons. The van der Waals surface area contributed by atoms with Crippen LogP contribution in [0.25, 0.3) is 0 Å². The minimum Gasteiger partial charge on any atom is -0.490 e. The van der Waals surface area contributed by atoms with Gasteiger partial charge in [0.25, 0.3) is 0 Å². The molecule has 3 rings (SSSR count). The summed E-state index contributed by atoms with van der Waals surface area (Å²) in [7, 11) is 0. The molecule has 1 saturated heterocycles. The van der Waals surface area contributed by atoms with Crippen molar-refractivity contribution >= 4 is 0 Å². The van der Waals surface area contributed by atoms with Crippen molar-refractivity contribution in [3.8, 4) is 11.5 Å². The lowest BCUT2D eigenvalue weighted by molar-refractivity contribution is -0.0439. The minimum absolute atomic E-state index is 0.0314. The van der Waals surface area contributed by atoms with Gasteiger partial charge in [0.1, 0.15) is 6.10 Å². The highest BCUT2D eigenvalue weighted by Gasteiger charge is 2.28. The fraction of sp³-hybridized carbons (Fsp3) is 0.400. The zero-order valence-electron chi connectivity index (χ0n) is 14.3. The lowest BCUT2D eigenvalue weighted by atomic mass is 10.0. The van der Waals surface area contributed by atoms with E-state index in [0.717, 1.165) is 30.2 Å². The number of para-hydroxylation sites is 2. The zero-order chi connectivity index (χ0) is 16.8. The largest absolute Gasteiger partial charge is 0.490 e. The van der Waals surface area contributed by atoms with Gasteiger partial charge < -0.3 is 19.5 Å². The number of aryl methyl sites for hydroxylation is 1. The first-order chi connectivity index (χ1) is 11.8. The predicted octanol–water partition coefficient (Wildman–Crippen LogP) is 3.50. The molecule has 0 amide bonds. The summed E-state index contributed by atoms with van der Waals surface area (Å²) in [5.74, 6) is 1.51. The van der Waals surface area contributed by atoms with Gasteiger partial charge in [-0.05, 0) is 31.5 Å². The third kappa shape index (κ3) is 4.08. The van der Waals surface area contributed by atoms with E-state index in [0.29, 0.717) is 13.2 Å². The highest BCUT2D eigenvalue weighted by Crippen LogP contribution is 2.33. The summed E-state index contributed by atoms with van der Waals surface area (Å²) in [6, 6.07) is 16.2. The van der Waals surface area contributed by atoms with Crippen LogP contribution in [0.4, 0.5) is 0 Å². The average Bonchev–Trinajstić information content (AvgIpc) is 2.63. The van der Waals surface area contributed by atoms with Gasteiger partial charge in [0.15, 0.2) is 17.6 Å². The van der Waals surface area contributed by atoms with Crippen molar-refractivity contribution in [2.75, 3.05) is 26.3 Å². The highest BCUT2D eigenvalue weighted by atomic mass is 16.6. The Morgan fingerprint density at radius 2 is 1.88 bits per heavy atom. The monoisotopic (exact) mass is 327 g/mol. The second-order valence-corrected chi connectivity index (χ2v) is 5.94. The van der Waals surface area contributed by atoms with Gasteiger partial charge in [0.2, 0.25) is 0 Å². The number of nitrogens with one attached hydrogen (secondary N) is 1. The van der Waals surface area contributed by atoms with Gasteiger partial charge in [-0.2, -0.15) is 0 Å². The summed E-state index contributed by atoms with van der Waals surface area (Å²) in [5.41, 5.74) is 2.34. The van der Waals surface area contributed by atoms with E-state index in [1.165, 1.54) is 5.56 Å². The summed E-state index contributed by atoms with van der Waals surface area (Å²) >= 11 is 0. The third-order valence-electron chi connectivity index (χ3n) is 4.10. The first kappa shape index (κ1) is 16.8. The molecule has 0 spiro atoms. The number of rotatable bonds is 6. The summed E-state index contributed by atoms with van der Waals surface area (Å²) in [6.07, 6.45) is -0.212. The first-order valence-electron chi connectivity index (χ1n) is 8.55. The third-order valence-corrected chi connectivity index (χ3v) is 4.10. The second kappa shape index (κ2) is 8.18. The Morgan fingerprint density at radius 3 is 2.54 bits per heavy atom. The van der Waals surface area contributed by atoms with Crippen LogP contribution in [0, 0.1) is 6.92 Å². The van der Waals surface area contributed by atoms with Gasteiger partial charge in [0.05, 0.1) is 13.2 Å². The van der Waals surface area contributed by atoms with E-state index >= 15 is 0 Å². The fourth-order valence-electron chi connectivity index (χ4n) is 2.85. The van der Waals surface area contributed by atoms with Crippen LogP contribution in [0.3, 0.4) is 0 Å². The lowest BCUT2D eigenvalue weighted by Gasteiger charge is -2.32. The molecule has 0 aliphatic carbocycles. The van der Waals surface area contributed by atoms with Crippen LogP contribution in [0.15, 0.2) is 48.5 Å². The number of benzene rings is 2. The van der Waals surface area contributed by atoms with E-state index in [9.17, 15) is 0 Å². The van der Waals surface area contributed by atoms with Crippen LogP contribution in [-0.2, 0) is 4.74 Å². The molecule has 1 fully saturated rings. The highest BCUT2D eigenvalue weighted by molar-refractivity contribution is 5.40. The zero-order valence-corrected chi connectivity index (χ0v) is 14.3. The molecule has 0 saturated carbocycles. The number of hydrogen-bond acceptors (Lipinski definition) is 4. The maximum absolute atomic E-state index is 6.37. The molecule has 24 heavy (non-hydrogen) atoms. The molecule has 4 nitrogen and oxygen atoms in total. The van der Waals surface area contributed by atoms with E-state index in [-0.39, 0.29) is 12.2 Å². The summed E-state index contributed by atoms with van der Waals surface area (Å²) in [6.45, 7) is 7.02. The number of hydrogen-bond donors (Lipinski definition) is 1. The van der Waals surface area contributed by atoms with Crippen LogP contribution >= 0.6 is 0 Å². The molecule has 0 aromatic heterocycles. The Labute approximate surface area is 143 Å². The van der Waals surface area contributed by atoms with Crippen LogP contribution in [0.5, 0.6) is 11.5 Å². The van der Waals surface area contributed by atoms with Crippen molar-refractivity contribution in [2.45, 2.75) is 26.1 Å². The summed E-state index contributed by atoms with van der Waals surface area (Å²) in [5, 5.41) is 3.39. The van der Waals surface area contributed by atoms with Gasteiger partial charge in [-0.25, -0.2) is 0 Å². The van der Waals surface area contributed by atoms with E-state index in [2.05, 4.69) is 36.5 Å². The summed E-state index contributed by atoms with van der Waals surface area (Å²) < 4.78 is 18.0. The van der Waals surface area contributed by atoms with Crippen molar-refractivity contribution in [1.29, 1.82) is 0 Å². The summed E-state index contributed by atoms with van der Waals surface area (Å²) in [4.78, 5) is 0. The molecule has 1 N–H and O–H groups in total. The maximum Gasteiger partial charge on any atom is 0.162 e. The Kier molecular flexibility index (Phi) is 5.72.